The molecule has 0 saturated carbocycles. The number of carbonyl (C=O) groups is 2. The lowest BCUT2D eigenvalue weighted by molar-refractivity contribution is 0.0599. The quantitative estimate of drug-likeness (QED) is 0.665. The Kier molecular flexibility index (Phi) is 5.26. The van der Waals surface area contributed by atoms with Crippen molar-refractivity contribution in [3.05, 3.63) is 58.5 Å². The Labute approximate surface area is 158 Å². The monoisotopic (exact) mass is 365 g/mol. The molecule has 1 aromatic carbocycles. The topological polar surface area (TPSA) is 84.1 Å². The summed E-state index contributed by atoms with van der Waals surface area (Å²) in [5.41, 5.74) is 4.73. The van der Waals surface area contributed by atoms with Crippen LogP contribution in [0.1, 0.15) is 51.0 Å². The van der Waals surface area contributed by atoms with E-state index in [1.165, 1.54) is 7.11 Å². The van der Waals surface area contributed by atoms with E-state index in [9.17, 15) is 9.59 Å². The zero-order valence-corrected chi connectivity index (χ0v) is 16.0. The van der Waals surface area contributed by atoms with Gasteiger partial charge in [-0.05, 0) is 49.6 Å². The van der Waals surface area contributed by atoms with Crippen molar-refractivity contribution < 1.29 is 14.3 Å². The number of esters is 1. The minimum absolute atomic E-state index is 0.286. The molecule has 0 saturated heterocycles. The highest BCUT2D eigenvalue weighted by Gasteiger charge is 2.25. The second kappa shape index (κ2) is 7.61. The zero-order chi connectivity index (χ0) is 19.6. The normalized spacial score (nSPS) is 10.8. The average molecular weight is 365 g/mol. The number of nitrogens with one attached hydrogen (secondary N) is 2. The lowest BCUT2D eigenvalue weighted by Gasteiger charge is -2.11. The number of aromatic amines is 1. The molecule has 27 heavy (non-hydrogen) atoms. The fourth-order valence-corrected chi connectivity index (χ4v) is 3.36. The molecule has 1 amide bonds. The summed E-state index contributed by atoms with van der Waals surface area (Å²) in [6.45, 7) is 5.76. The van der Waals surface area contributed by atoms with Gasteiger partial charge in [0.05, 0.1) is 23.9 Å². The lowest BCUT2D eigenvalue weighted by atomic mass is 10.0. The van der Waals surface area contributed by atoms with Crippen molar-refractivity contribution in [2.75, 3.05) is 12.4 Å². The van der Waals surface area contributed by atoms with E-state index >= 15 is 0 Å². The van der Waals surface area contributed by atoms with E-state index in [1.54, 1.807) is 13.1 Å². The summed E-state index contributed by atoms with van der Waals surface area (Å²) in [6.07, 6.45) is 3.14. The molecule has 0 unspecified atom stereocenters. The van der Waals surface area contributed by atoms with Crippen molar-refractivity contribution in [3.8, 4) is 0 Å². The van der Waals surface area contributed by atoms with Crippen LogP contribution in [0.5, 0.6) is 0 Å². The molecule has 0 aliphatic rings. The maximum atomic E-state index is 13.0. The first-order valence-electron chi connectivity index (χ1n) is 8.93. The molecular formula is C21H23N3O3. The number of rotatable bonds is 5. The Bertz CT molecular complexity index is 1020. The number of benzene rings is 1. The summed E-state index contributed by atoms with van der Waals surface area (Å²) in [4.78, 5) is 32.6. The SMILES string of the molecule is CCCc1c(C(=O)Nc2ccc(C)c3ncccc23)[nH]c(C)c1C(=O)OC. The van der Waals surface area contributed by atoms with Gasteiger partial charge in [0.2, 0.25) is 0 Å². The van der Waals surface area contributed by atoms with Crippen LogP contribution in [0.15, 0.2) is 30.5 Å². The number of fused-ring (bicyclic) bond motifs is 1. The molecule has 3 aromatic rings. The third-order valence-electron chi connectivity index (χ3n) is 4.63. The number of nitrogens with zero attached hydrogens (tertiary/aromatic N) is 1. The van der Waals surface area contributed by atoms with Gasteiger partial charge in [-0.15, -0.1) is 0 Å². The van der Waals surface area contributed by atoms with Gasteiger partial charge in [-0.3, -0.25) is 9.78 Å². The third-order valence-corrected chi connectivity index (χ3v) is 4.63. The molecule has 0 bridgehead atoms. The Morgan fingerprint density at radius 3 is 2.70 bits per heavy atom. The summed E-state index contributed by atoms with van der Waals surface area (Å²) in [7, 11) is 1.34. The van der Waals surface area contributed by atoms with Crippen LogP contribution in [0.25, 0.3) is 10.9 Å². The van der Waals surface area contributed by atoms with Gasteiger partial charge in [-0.25, -0.2) is 4.79 Å². The molecule has 2 N–H and O–H groups in total. The van der Waals surface area contributed by atoms with E-state index in [0.29, 0.717) is 34.6 Å². The fourth-order valence-electron chi connectivity index (χ4n) is 3.36. The number of ether oxygens (including phenoxy) is 1. The van der Waals surface area contributed by atoms with E-state index in [0.717, 1.165) is 22.9 Å². The molecule has 0 aliphatic heterocycles. The van der Waals surface area contributed by atoms with Crippen LogP contribution < -0.4 is 5.32 Å². The molecule has 3 rings (SSSR count). The minimum Gasteiger partial charge on any atom is -0.465 e. The van der Waals surface area contributed by atoms with E-state index in [4.69, 9.17) is 4.74 Å². The van der Waals surface area contributed by atoms with Gasteiger partial charge in [0.25, 0.3) is 5.91 Å². The van der Waals surface area contributed by atoms with E-state index in [2.05, 4.69) is 15.3 Å². The summed E-state index contributed by atoms with van der Waals surface area (Å²) < 4.78 is 4.89. The van der Waals surface area contributed by atoms with Crippen molar-refractivity contribution in [2.45, 2.75) is 33.6 Å². The molecule has 2 aromatic heterocycles. The van der Waals surface area contributed by atoms with Crippen molar-refractivity contribution in [1.82, 2.24) is 9.97 Å². The van der Waals surface area contributed by atoms with Crippen LogP contribution in [-0.2, 0) is 11.2 Å². The number of hydrogen-bond donors (Lipinski definition) is 2. The first kappa shape index (κ1) is 18.6. The molecule has 6 heteroatoms. The van der Waals surface area contributed by atoms with Crippen LogP contribution in [-0.4, -0.2) is 29.0 Å². The number of methoxy groups -OCH3 is 1. The predicted molar refractivity (Wildman–Crippen MR) is 105 cm³/mol. The van der Waals surface area contributed by atoms with Crippen molar-refractivity contribution in [3.63, 3.8) is 0 Å². The number of pyridine rings is 1. The first-order chi connectivity index (χ1) is 13.0. The van der Waals surface area contributed by atoms with E-state index in [1.807, 2.05) is 38.1 Å². The zero-order valence-electron chi connectivity index (χ0n) is 16.0. The highest BCUT2D eigenvalue weighted by molar-refractivity contribution is 6.10. The van der Waals surface area contributed by atoms with Crippen molar-refractivity contribution >= 4 is 28.5 Å². The van der Waals surface area contributed by atoms with Gasteiger partial charge in [0, 0.05) is 17.3 Å². The number of anilines is 1. The van der Waals surface area contributed by atoms with Crippen LogP contribution in [0, 0.1) is 13.8 Å². The fraction of sp³-hybridized carbons (Fsp3) is 0.286. The molecule has 0 radical (unpaired) electrons. The Morgan fingerprint density at radius 1 is 1.22 bits per heavy atom. The van der Waals surface area contributed by atoms with Gasteiger partial charge >= 0.3 is 5.97 Å². The van der Waals surface area contributed by atoms with Crippen LogP contribution in [0.2, 0.25) is 0 Å². The number of H-pyrrole nitrogens is 1. The summed E-state index contributed by atoms with van der Waals surface area (Å²) in [6, 6.07) is 7.57. The smallest absolute Gasteiger partial charge is 0.339 e. The van der Waals surface area contributed by atoms with Crippen molar-refractivity contribution in [1.29, 1.82) is 0 Å². The highest BCUT2D eigenvalue weighted by Crippen LogP contribution is 2.27. The number of hydrogen-bond acceptors (Lipinski definition) is 4. The molecule has 0 spiro atoms. The molecule has 6 nitrogen and oxygen atoms in total. The molecule has 0 aliphatic carbocycles. The standard InChI is InChI=1S/C21H23N3O3/c1-5-7-15-17(21(26)27-4)13(3)23-19(15)20(25)24-16-10-9-12(2)18-14(16)8-6-11-22-18/h6,8-11,23H,5,7H2,1-4H3,(H,24,25). The second-order valence-corrected chi connectivity index (χ2v) is 6.50. The summed E-state index contributed by atoms with van der Waals surface area (Å²) in [5.74, 6) is -0.720. The van der Waals surface area contributed by atoms with Gasteiger partial charge in [0.15, 0.2) is 0 Å². The van der Waals surface area contributed by atoms with E-state index in [-0.39, 0.29) is 5.91 Å². The summed E-state index contributed by atoms with van der Waals surface area (Å²) >= 11 is 0. The Hall–Kier alpha value is -3.15. The highest BCUT2D eigenvalue weighted by atomic mass is 16.5. The second-order valence-electron chi connectivity index (χ2n) is 6.50. The molecule has 2 heterocycles. The maximum Gasteiger partial charge on any atom is 0.339 e. The van der Waals surface area contributed by atoms with Gasteiger partial charge in [0.1, 0.15) is 5.69 Å². The van der Waals surface area contributed by atoms with Gasteiger partial charge in [-0.2, -0.15) is 0 Å². The van der Waals surface area contributed by atoms with E-state index < -0.39 is 5.97 Å². The molecule has 140 valence electrons. The predicted octanol–water partition coefficient (Wildman–Crippen LogP) is 4.17. The molecule has 0 fully saturated rings. The Balaban J connectivity index is 2.03. The largest absolute Gasteiger partial charge is 0.465 e. The molecular weight excluding hydrogens is 342 g/mol. The number of amides is 1. The van der Waals surface area contributed by atoms with Gasteiger partial charge in [-0.1, -0.05) is 19.4 Å². The average Bonchev–Trinajstić information content (AvgIpc) is 3.00. The van der Waals surface area contributed by atoms with Gasteiger partial charge < -0.3 is 15.0 Å². The third kappa shape index (κ3) is 3.43. The van der Waals surface area contributed by atoms with Crippen LogP contribution in [0.4, 0.5) is 5.69 Å². The van der Waals surface area contributed by atoms with Crippen LogP contribution in [0.3, 0.4) is 0 Å². The Morgan fingerprint density at radius 2 is 2.00 bits per heavy atom. The van der Waals surface area contributed by atoms with Crippen LogP contribution >= 0.6 is 0 Å². The summed E-state index contributed by atoms with van der Waals surface area (Å²) in [5, 5.41) is 3.84. The lowest BCUT2D eigenvalue weighted by Crippen LogP contribution is -2.15. The first-order valence-corrected chi connectivity index (χ1v) is 8.93. The number of carbonyl (C=O) groups excluding carboxylic acids is 2. The number of aromatic nitrogens is 2. The number of aryl methyl sites for hydroxylation is 2. The molecule has 0 atom stereocenters. The maximum absolute atomic E-state index is 13.0. The minimum atomic E-state index is -0.434. The van der Waals surface area contributed by atoms with Crippen molar-refractivity contribution in [2.24, 2.45) is 0 Å².